The minimum atomic E-state index is -2.76. The summed E-state index contributed by atoms with van der Waals surface area (Å²) in [5.74, 6) is -0.0494. The summed E-state index contributed by atoms with van der Waals surface area (Å²) in [5, 5.41) is 2.54. The molecule has 0 radical (unpaired) electrons. The Bertz CT molecular complexity index is 548. The van der Waals surface area contributed by atoms with Gasteiger partial charge in [-0.1, -0.05) is 19.1 Å². The Morgan fingerprint density at radius 3 is 2.38 bits per heavy atom. The van der Waals surface area contributed by atoms with E-state index in [1.54, 1.807) is 31.2 Å². The summed E-state index contributed by atoms with van der Waals surface area (Å²) in [6, 6.07) is 5.81. The molecule has 0 unspecified atom stereocenters. The number of hydrogen-bond acceptors (Lipinski definition) is 3. The largest absolute Gasteiger partial charge is 0.497 e. The van der Waals surface area contributed by atoms with Crippen LogP contribution in [0.5, 0.6) is 5.75 Å². The second kappa shape index (κ2) is 5.67. The zero-order valence-electron chi connectivity index (χ0n) is 11.7. The van der Waals surface area contributed by atoms with E-state index in [2.05, 4.69) is 5.32 Å². The maximum Gasteiger partial charge on any atom is 0.325 e. The summed E-state index contributed by atoms with van der Waals surface area (Å²) < 4.78 is 30.0. The normalized spacial score (nSPS) is 21.9. The van der Waals surface area contributed by atoms with Gasteiger partial charge >= 0.3 is 6.03 Å². The molecule has 0 aliphatic carbocycles. The quantitative estimate of drug-likeness (QED) is 0.847. The van der Waals surface area contributed by atoms with Gasteiger partial charge in [0.15, 0.2) is 0 Å². The number of alkyl halides is 2. The Morgan fingerprint density at radius 1 is 1.29 bits per heavy atom. The van der Waals surface area contributed by atoms with Gasteiger partial charge in [-0.15, -0.1) is 0 Å². The van der Waals surface area contributed by atoms with E-state index in [1.807, 2.05) is 0 Å². The summed E-state index contributed by atoms with van der Waals surface area (Å²) in [5.41, 5.74) is -0.751. The lowest BCUT2D eigenvalue weighted by Gasteiger charge is -2.26. The molecule has 1 fully saturated rings. The first-order valence-electron chi connectivity index (χ1n) is 6.51. The van der Waals surface area contributed by atoms with Crippen LogP contribution in [0.1, 0.15) is 18.9 Å². The number of carbonyl (C=O) groups is 2. The fourth-order valence-electron chi connectivity index (χ4n) is 2.44. The van der Waals surface area contributed by atoms with Gasteiger partial charge in [-0.2, -0.15) is 0 Å². The predicted molar refractivity (Wildman–Crippen MR) is 71.2 cm³/mol. The highest BCUT2D eigenvalue weighted by atomic mass is 19.3. The number of hydrogen-bond donors (Lipinski definition) is 1. The number of urea groups is 1. The first kappa shape index (κ1) is 15.2. The van der Waals surface area contributed by atoms with Crippen molar-refractivity contribution in [1.29, 1.82) is 0 Å². The maximum absolute atomic E-state index is 12.5. The van der Waals surface area contributed by atoms with E-state index in [-0.39, 0.29) is 6.42 Å². The Balaban J connectivity index is 2.37. The summed E-state index contributed by atoms with van der Waals surface area (Å²) in [6.07, 6.45) is -2.49. The maximum atomic E-state index is 12.5. The molecule has 1 aromatic carbocycles. The van der Waals surface area contributed by atoms with Gasteiger partial charge < -0.3 is 10.1 Å². The first-order valence-corrected chi connectivity index (χ1v) is 6.51. The molecule has 7 heteroatoms. The SMILES string of the molecule is CC[C@]1(c2ccc(OC)cc2)NC(=O)N(CC(F)F)C1=O. The van der Waals surface area contributed by atoms with Gasteiger partial charge in [-0.3, -0.25) is 9.69 Å². The minimum Gasteiger partial charge on any atom is -0.497 e. The van der Waals surface area contributed by atoms with Gasteiger partial charge in [0.05, 0.1) is 13.7 Å². The standard InChI is InChI=1S/C14H16F2N2O3/c1-3-14(9-4-6-10(21-2)7-5-9)12(19)18(8-11(15)16)13(20)17-14/h4-7,11H,3,8H2,1-2H3,(H,17,20)/t14-/m1/s1. The zero-order valence-corrected chi connectivity index (χ0v) is 11.7. The van der Waals surface area contributed by atoms with Crippen LogP contribution in [0.15, 0.2) is 24.3 Å². The number of amides is 3. The molecular formula is C14H16F2N2O3. The topological polar surface area (TPSA) is 58.6 Å². The molecule has 1 aliphatic rings. The van der Waals surface area contributed by atoms with Crippen molar-refractivity contribution in [2.75, 3.05) is 13.7 Å². The second-order valence-corrected chi connectivity index (χ2v) is 4.72. The predicted octanol–water partition coefficient (Wildman–Crippen LogP) is 2.12. The van der Waals surface area contributed by atoms with Crippen molar-refractivity contribution in [2.24, 2.45) is 0 Å². The molecular weight excluding hydrogens is 282 g/mol. The minimum absolute atomic E-state index is 0.268. The molecule has 1 aliphatic heterocycles. The van der Waals surface area contributed by atoms with Crippen molar-refractivity contribution in [2.45, 2.75) is 25.3 Å². The van der Waals surface area contributed by atoms with Crippen molar-refractivity contribution < 1.29 is 23.1 Å². The molecule has 0 aromatic heterocycles. The number of benzene rings is 1. The Morgan fingerprint density at radius 2 is 1.90 bits per heavy atom. The lowest BCUT2D eigenvalue weighted by atomic mass is 9.87. The number of nitrogens with zero attached hydrogens (tertiary/aromatic N) is 1. The van der Waals surface area contributed by atoms with Crippen molar-refractivity contribution in [1.82, 2.24) is 10.2 Å². The third-order valence-corrected chi connectivity index (χ3v) is 3.61. The Labute approximate surface area is 120 Å². The van der Waals surface area contributed by atoms with Crippen LogP contribution in [0, 0.1) is 0 Å². The number of imide groups is 1. The van der Waals surface area contributed by atoms with E-state index < -0.39 is 30.4 Å². The van der Waals surface area contributed by atoms with E-state index in [9.17, 15) is 18.4 Å². The highest BCUT2D eigenvalue weighted by Crippen LogP contribution is 2.33. The molecule has 1 heterocycles. The number of halogens is 2. The van der Waals surface area contributed by atoms with Crippen LogP contribution in [0.2, 0.25) is 0 Å². The molecule has 1 atom stereocenters. The van der Waals surface area contributed by atoms with Gasteiger partial charge in [-0.05, 0) is 24.1 Å². The molecule has 5 nitrogen and oxygen atoms in total. The van der Waals surface area contributed by atoms with Crippen molar-refractivity contribution >= 4 is 11.9 Å². The highest BCUT2D eigenvalue weighted by Gasteiger charge is 2.51. The fourth-order valence-corrected chi connectivity index (χ4v) is 2.44. The molecule has 1 aromatic rings. The second-order valence-electron chi connectivity index (χ2n) is 4.72. The van der Waals surface area contributed by atoms with Gasteiger partial charge in [0.1, 0.15) is 11.3 Å². The van der Waals surface area contributed by atoms with Crippen molar-refractivity contribution in [3.05, 3.63) is 29.8 Å². The van der Waals surface area contributed by atoms with Crippen LogP contribution in [-0.4, -0.2) is 36.9 Å². The fraction of sp³-hybridized carbons (Fsp3) is 0.429. The average Bonchev–Trinajstić information content (AvgIpc) is 2.72. The molecule has 0 saturated carbocycles. The highest BCUT2D eigenvalue weighted by molar-refractivity contribution is 6.07. The van der Waals surface area contributed by atoms with Crippen LogP contribution in [-0.2, 0) is 10.3 Å². The number of rotatable bonds is 5. The van der Waals surface area contributed by atoms with Crippen LogP contribution in [0.25, 0.3) is 0 Å². The zero-order chi connectivity index (χ0) is 15.6. The molecule has 1 N–H and O–H groups in total. The third-order valence-electron chi connectivity index (χ3n) is 3.61. The summed E-state index contributed by atoms with van der Waals surface area (Å²) >= 11 is 0. The van der Waals surface area contributed by atoms with Crippen LogP contribution >= 0.6 is 0 Å². The smallest absolute Gasteiger partial charge is 0.325 e. The van der Waals surface area contributed by atoms with Crippen molar-refractivity contribution in [3.8, 4) is 5.75 Å². The molecule has 2 rings (SSSR count). The van der Waals surface area contributed by atoms with Crippen molar-refractivity contribution in [3.63, 3.8) is 0 Å². The van der Waals surface area contributed by atoms with E-state index in [0.29, 0.717) is 16.2 Å². The van der Waals surface area contributed by atoms with E-state index in [4.69, 9.17) is 4.74 Å². The van der Waals surface area contributed by atoms with Gasteiger partial charge in [0, 0.05) is 0 Å². The number of carbonyl (C=O) groups excluding carboxylic acids is 2. The number of ether oxygens (including phenoxy) is 1. The van der Waals surface area contributed by atoms with Gasteiger partial charge in [-0.25, -0.2) is 13.6 Å². The Kier molecular flexibility index (Phi) is 4.11. The van der Waals surface area contributed by atoms with Gasteiger partial charge in [0.25, 0.3) is 12.3 Å². The summed E-state index contributed by atoms with van der Waals surface area (Å²) in [7, 11) is 1.51. The van der Waals surface area contributed by atoms with Crippen LogP contribution in [0.4, 0.5) is 13.6 Å². The van der Waals surface area contributed by atoms with Crippen LogP contribution < -0.4 is 10.1 Å². The molecule has 1 saturated heterocycles. The molecule has 0 bridgehead atoms. The first-order chi connectivity index (χ1) is 9.94. The van der Waals surface area contributed by atoms with E-state index in [1.165, 1.54) is 7.11 Å². The van der Waals surface area contributed by atoms with E-state index >= 15 is 0 Å². The van der Waals surface area contributed by atoms with Crippen LogP contribution in [0.3, 0.4) is 0 Å². The summed E-state index contributed by atoms with van der Waals surface area (Å²) in [4.78, 5) is 24.8. The Hall–Kier alpha value is -2.18. The molecule has 0 spiro atoms. The average molecular weight is 298 g/mol. The number of methoxy groups -OCH3 is 1. The molecule has 114 valence electrons. The molecule has 3 amide bonds. The lowest BCUT2D eigenvalue weighted by Crippen LogP contribution is -2.43. The van der Waals surface area contributed by atoms with E-state index in [0.717, 1.165) is 0 Å². The monoisotopic (exact) mass is 298 g/mol. The summed E-state index contributed by atoms with van der Waals surface area (Å²) in [6.45, 7) is 0.816. The molecule has 21 heavy (non-hydrogen) atoms. The van der Waals surface area contributed by atoms with Gasteiger partial charge in [0.2, 0.25) is 0 Å². The number of nitrogens with one attached hydrogen (secondary N) is 1. The third kappa shape index (κ3) is 2.55. The lowest BCUT2D eigenvalue weighted by molar-refractivity contribution is -0.133.